The van der Waals surface area contributed by atoms with Crippen molar-refractivity contribution in [3.63, 3.8) is 0 Å². The lowest BCUT2D eigenvalue weighted by Gasteiger charge is -2.10. The van der Waals surface area contributed by atoms with Crippen LogP contribution in [0.3, 0.4) is 0 Å². The zero-order valence-electron chi connectivity index (χ0n) is 16.3. The van der Waals surface area contributed by atoms with E-state index >= 15 is 0 Å². The number of anilines is 2. The van der Waals surface area contributed by atoms with Gasteiger partial charge in [-0.3, -0.25) is 0 Å². The summed E-state index contributed by atoms with van der Waals surface area (Å²) < 4.78 is 16.6. The van der Waals surface area contributed by atoms with Crippen LogP contribution in [0, 0.1) is 20.8 Å². The Bertz CT molecular complexity index is 1220. The molecule has 142 valence electrons. The Hall–Kier alpha value is -3.47. The Morgan fingerprint density at radius 3 is 2.36 bits per heavy atom. The van der Waals surface area contributed by atoms with Gasteiger partial charge in [-0.1, -0.05) is 29.8 Å². The predicted octanol–water partition coefficient (Wildman–Crippen LogP) is 5.73. The molecule has 5 heteroatoms. The third kappa shape index (κ3) is 3.16. The summed E-state index contributed by atoms with van der Waals surface area (Å²) in [6.45, 7) is 5.81. The third-order valence-corrected chi connectivity index (χ3v) is 4.74. The number of fused-ring (bicyclic) bond motifs is 1. The second kappa shape index (κ2) is 6.93. The van der Waals surface area contributed by atoms with Gasteiger partial charge < -0.3 is 18.9 Å². The minimum atomic E-state index is -0.418. The van der Waals surface area contributed by atoms with E-state index in [0.29, 0.717) is 28.2 Å². The smallest absolute Gasteiger partial charge is 0.347 e. The van der Waals surface area contributed by atoms with Crippen molar-refractivity contribution < 1.29 is 13.6 Å². The molecule has 4 aromatic rings. The average Bonchev–Trinajstić information content (AvgIpc) is 3.02. The minimum absolute atomic E-state index is 0.418. The van der Waals surface area contributed by atoms with E-state index in [1.165, 1.54) is 5.56 Å². The molecule has 28 heavy (non-hydrogen) atoms. The number of hydrogen-bond donors (Lipinski definition) is 1. The summed E-state index contributed by atoms with van der Waals surface area (Å²) in [5.41, 5.74) is 4.77. The maximum atomic E-state index is 12.6. The Labute approximate surface area is 162 Å². The Kier molecular flexibility index (Phi) is 4.43. The van der Waals surface area contributed by atoms with Crippen LogP contribution in [-0.4, -0.2) is 7.11 Å². The number of rotatable bonds is 4. The summed E-state index contributed by atoms with van der Waals surface area (Å²) in [6.07, 6.45) is 0. The molecule has 0 aliphatic heterocycles. The fourth-order valence-corrected chi connectivity index (χ4v) is 3.36. The first-order chi connectivity index (χ1) is 13.5. The van der Waals surface area contributed by atoms with Crippen LogP contribution in [0.15, 0.2) is 62.2 Å². The van der Waals surface area contributed by atoms with E-state index in [1.807, 2.05) is 43.3 Å². The van der Waals surface area contributed by atoms with Crippen LogP contribution in [0.5, 0.6) is 5.75 Å². The quantitative estimate of drug-likeness (QED) is 0.493. The molecule has 0 atom stereocenters. The van der Waals surface area contributed by atoms with Crippen LogP contribution in [-0.2, 0) is 0 Å². The fourth-order valence-electron chi connectivity index (χ4n) is 3.36. The standard InChI is InChI=1S/C23H21NO4/c1-13-5-10-18(14(2)11-13)24-22-20(16-6-8-17(26-4)9-7-16)21-19(28-22)12-15(3)27-23(21)25/h5-12,24H,1-4H3. The fraction of sp³-hybridized carbons (Fsp3) is 0.174. The molecule has 0 saturated carbocycles. The van der Waals surface area contributed by atoms with Gasteiger partial charge in [-0.15, -0.1) is 0 Å². The van der Waals surface area contributed by atoms with Crippen LogP contribution in [0.1, 0.15) is 16.9 Å². The highest BCUT2D eigenvalue weighted by atomic mass is 16.5. The van der Waals surface area contributed by atoms with Gasteiger partial charge in [-0.05, 0) is 50.1 Å². The van der Waals surface area contributed by atoms with E-state index in [0.717, 1.165) is 22.6 Å². The monoisotopic (exact) mass is 375 g/mol. The van der Waals surface area contributed by atoms with E-state index in [1.54, 1.807) is 20.1 Å². The molecule has 0 bridgehead atoms. The Balaban J connectivity index is 1.94. The number of benzene rings is 2. The predicted molar refractivity (Wildman–Crippen MR) is 111 cm³/mol. The van der Waals surface area contributed by atoms with Gasteiger partial charge in [0.25, 0.3) is 0 Å². The van der Waals surface area contributed by atoms with Crippen molar-refractivity contribution in [2.24, 2.45) is 0 Å². The van der Waals surface area contributed by atoms with Crippen molar-refractivity contribution in [1.82, 2.24) is 0 Å². The first kappa shape index (κ1) is 17.9. The molecule has 0 aliphatic rings. The summed E-state index contributed by atoms with van der Waals surface area (Å²) in [5.74, 6) is 1.75. The van der Waals surface area contributed by atoms with Crippen molar-refractivity contribution in [3.05, 3.63) is 75.8 Å². The van der Waals surface area contributed by atoms with Gasteiger partial charge >= 0.3 is 5.63 Å². The summed E-state index contributed by atoms with van der Waals surface area (Å²) >= 11 is 0. The largest absolute Gasteiger partial charge is 0.497 e. The highest BCUT2D eigenvalue weighted by Crippen LogP contribution is 2.39. The lowest BCUT2D eigenvalue weighted by atomic mass is 10.0. The van der Waals surface area contributed by atoms with E-state index in [9.17, 15) is 4.79 Å². The van der Waals surface area contributed by atoms with Gasteiger partial charge in [0.05, 0.1) is 12.7 Å². The second-order valence-corrected chi connectivity index (χ2v) is 6.86. The molecule has 1 N–H and O–H groups in total. The van der Waals surface area contributed by atoms with Crippen LogP contribution >= 0.6 is 0 Å². The lowest BCUT2D eigenvalue weighted by Crippen LogP contribution is -2.00. The highest BCUT2D eigenvalue weighted by Gasteiger charge is 2.21. The van der Waals surface area contributed by atoms with Crippen molar-refractivity contribution in [3.8, 4) is 16.9 Å². The summed E-state index contributed by atoms with van der Waals surface area (Å²) in [7, 11) is 1.62. The third-order valence-electron chi connectivity index (χ3n) is 4.74. The number of hydrogen-bond acceptors (Lipinski definition) is 5. The normalized spacial score (nSPS) is 11.0. The molecule has 0 saturated heterocycles. The topological polar surface area (TPSA) is 64.6 Å². The molecule has 2 aromatic carbocycles. The number of nitrogens with one attached hydrogen (secondary N) is 1. The second-order valence-electron chi connectivity index (χ2n) is 6.86. The minimum Gasteiger partial charge on any atom is -0.497 e. The Morgan fingerprint density at radius 2 is 1.68 bits per heavy atom. The number of aryl methyl sites for hydroxylation is 3. The molecule has 0 radical (unpaired) electrons. The maximum absolute atomic E-state index is 12.6. The Morgan fingerprint density at radius 1 is 0.929 bits per heavy atom. The van der Waals surface area contributed by atoms with Gasteiger partial charge in [0, 0.05) is 11.8 Å². The van der Waals surface area contributed by atoms with Crippen LogP contribution in [0.4, 0.5) is 11.6 Å². The van der Waals surface area contributed by atoms with E-state index in [4.69, 9.17) is 13.6 Å². The summed E-state index contributed by atoms with van der Waals surface area (Å²) in [4.78, 5) is 12.6. The molecular weight excluding hydrogens is 354 g/mol. The van der Waals surface area contributed by atoms with Crippen LogP contribution in [0.25, 0.3) is 22.1 Å². The number of ether oxygens (including phenoxy) is 1. The molecule has 5 nitrogen and oxygen atoms in total. The molecule has 0 spiro atoms. The average molecular weight is 375 g/mol. The van der Waals surface area contributed by atoms with Crippen molar-refractivity contribution >= 4 is 22.5 Å². The molecule has 0 unspecified atom stereocenters. The summed E-state index contributed by atoms with van der Waals surface area (Å²) in [6, 6.07) is 15.4. The van der Waals surface area contributed by atoms with Crippen LogP contribution < -0.4 is 15.7 Å². The SMILES string of the molecule is COc1ccc(-c2c(Nc3ccc(C)cc3C)oc3cc(C)oc(=O)c23)cc1. The zero-order valence-corrected chi connectivity index (χ0v) is 16.3. The summed E-state index contributed by atoms with van der Waals surface area (Å²) in [5, 5.41) is 3.77. The number of furan rings is 1. The maximum Gasteiger partial charge on any atom is 0.347 e. The van der Waals surface area contributed by atoms with Crippen molar-refractivity contribution in [1.29, 1.82) is 0 Å². The molecule has 0 fully saturated rings. The lowest BCUT2D eigenvalue weighted by molar-refractivity contribution is 0.415. The molecule has 4 rings (SSSR count). The van der Waals surface area contributed by atoms with Gasteiger partial charge in [-0.2, -0.15) is 0 Å². The number of methoxy groups -OCH3 is 1. The van der Waals surface area contributed by atoms with E-state index in [2.05, 4.69) is 18.3 Å². The van der Waals surface area contributed by atoms with E-state index in [-0.39, 0.29) is 0 Å². The van der Waals surface area contributed by atoms with Crippen molar-refractivity contribution in [2.45, 2.75) is 20.8 Å². The van der Waals surface area contributed by atoms with Gasteiger partial charge in [0.15, 0.2) is 0 Å². The zero-order chi connectivity index (χ0) is 19.8. The van der Waals surface area contributed by atoms with Gasteiger partial charge in [-0.25, -0.2) is 4.79 Å². The first-order valence-electron chi connectivity index (χ1n) is 9.02. The van der Waals surface area contributed by atoms with Crippen molar-refractivity contribution in [2.75, 3.05) is 12.4 Å². The molecule has 0 aliphatic carbocycles. The first-order valence-corrected chi connectivity index (χ1v) is 9.02. The highest BCUT2D eigenvalue weighted by molar-refractivity contribution is 6.00. The van der Waals surface area contributed by atoms with Gasteiger partial charge in [0.2, 0.25) is 5.88 Å². The molecular formula is C23H21NO4. The molecule has 2 heterocycles. The molecule has 0 amide bonds. The van der Waals surface area contributed by atoms with E-state index < -0.39 is 5.63 Å². The van der Waals surface area contributed by atoms with Gasteiger partial charge in [0.1, 0.15) is 22.5 Å². The molecule has 2 aromatic heterocycles. The van der Waals surface area contributed by atoms with Crippen LogP contribution in [0.2, 0.25) is 0 Å².